The first kappa shape index (κ1) is 17.5. The fraction of sp³-hybridized carbons (Fsp3) is 0.533. The molecule has 21 heavy (non-hydrogen) atoms. The second-order valence-corrected chi connectivity index (χ2v) is 5.77. The van der Waals surface area contributed by atoms with Gasteiger partial charge in [-0.1, -0.05) is 20.8 Å². The quantitative estimate of drug-likeness (QED) is 0.645. The molecular formula is C15H22N2O3S. The van der Waals surface area contributed by atoms with Crippen molar-refractivity contribution >= 4 is 23.6 Å². The maximum atomic E-state index is 12.4. The summed E-state index contributed by atoms with van der Waals surface area (Å²) in [5.41, 5.74) is 1.20. The Balaban J connectivity index is 3.04. The molecule has 116 valence electrons. The summed E-state index contributed by atoms with van der Waals surface area (Å²) in [7, 11) is 1.31. The van der Waals surface area contributed by atoms with Crippen LogP contribution in [0.3, 0.4) is 0 Å². The van der Waals surface area contributed by atoms with Crippen LogP contribution in [0.15, 0.2) is 17.0 Å². The molecule has 1 aromatic rings. The van der Waals surface area contributed by atoms with Gasteiger partial charge in [0, 0.05) is 10.6 Å². The lowest BCUT2D eigenvalue weighted by atomic mass is 10.0. The molecule has 0 saturated carbocycles. The van der Waals surface area contributed by atoms with Crippen molar-refractivity contribution in [2.75, 3.05) is 13.4 Å². The van der Waals surface area contributed by atoms with Crippen molar-refractivity contribution in [1.82, 2.24) is 10.3 Å². The van der Waals surface area contributed by atoms with E-state index in [1.54, 1.807) is 0 Å². The van der Waals surface area contributed by atoms with Gasteiger partial charge in [-0.2, -0.15) is 0 Å². The number of thioether (sulfide) groups is 1. The van der Waals surface area contributed by atoms with Crippen molar-refractivity contribution in [2.24, 2.45) is 5.92 Å². The number of hydrogen-bond donors (Lipinski definition) is 1. The molecule has 0 radical (unpaired) electrons. The van der Waals surface area contributed by atoms with Gasteiger partial charge in [0.05, 0.1) is 7.11 Å². The van der Waals surface area contributed by atoms with Gasteiger partial charge in [0.25, 0.3) is 5.91 Å². The number of esters is 1. The Hall–Kier alpha value is -1.56. The molecule has 1 rings (SSSR count). The highest BCUT2D eigenvalue weighted by Gasteiger charge is 2.26. The molecule has 5 nitrogen and oxygen atoms in total. The maximum Gasteiger partial charge on any atom is 0.328 e. The number of carbonyl (C=O) groups excluding carboxylic acids is 2. The van der Waals surface area contributed by atoms with Crippen LogP contribution in [-0.4, -0.2) is 36.3 Å². The Morgan fingerprint density at radius 3 is 2.52 bits per heavy atom. The number of nitrogens with one attached hydrogen (secondary N) is 1. The number of nitrogens with zero attached hydrogens (tertiary/aromatic N) is 1. The van der Waals surface area contributed by atoms with Crippen molar-refractivity contribution in [3.63, 3.8) is 0 Å². The molecule has 1 amide bonds. The number of rotatable bonds is 6. The molecular weight excluding hydrogens is 288 g/mol. The fourth-order valence-electron chi connectivity index (χ4n) is 1.85. The number of methoxy groups -OCH3 is 1. The van der Waals surface area contributed by atoms with Crippen molar-refractivity contribution < 1.29 is 14.3 Å². The molecule has 0 spiro atoms. The van der Waals surface area contributed by atoms with E-state index in [-0.39, 0.29) is 11.8 Å². The van der Waals surface area contributed by atoms with Crippen LogP contribution in [0.1, 0.15) is 37.0 Å². The lowest BCUT2D eigenvalue weighted by molar-refractivity contribution is -0.144. The Bertz CT molecular complexity index is 518. The molecule has 0 bridgehead atoms. The van der Waals surface area contributed by atoms with Gasteiger partial charge >= 0.3 is 5.97 Å². The fourth-order valence-corrected chi connectivity index (χ4v) is 2.38. The van der Waals surface area contributed by atoms with Crippen LogP contribution in [0.4, 0.5) is 0 Å². The highest BCUT2D eigenvalue weighted by molar-refractivity contribution is 7.98. The molecule has 6 heteroatoms. The monoisotopic (exact) mass is 310 g/mol. The molecule has 0 fully saturated rings. The summed E-state index contributed by atoms with van der Waals surface area (Å²) in [5.74, 6) is -0.858. The molecule has 0 aliphatic carbocycles. The van der Waals surface area contributed by atoms with Gasteiger partial charge in [-0.15, -0.1) is 11.8 Å². The Kier molecular flexibility index (Phi) is 6.68. The summed E-state index contributed by atoms with van der Waals surface area (Å²) in [5, 5.41) is 2.72. The highest BCUT2D eigenvalue weighted by Crippen LogP contribution is 2.20. The van der Waals surface area contributed by atoms with Crippen molar-refractivity contribution in [2.45, 2.75) is 38.1 Å². The minimum Gasteiger partial charge on any atom is -0.467 e. The summed E-state index contributed by atoms with van der Waals surface area (Å²) in [6, 6.07) is 3.11. The van der Waals surface area contributed by atoms with E-state index in [2.05, 4.69) is 10.3 Å². The molecule has 1 heterocycles. The summed E-state index contributed by atoms with van der Waals surface area (Å²) >= 11 is 1.45. The van der Waals surface area contributed by atoms with E-state index in [4.69, 9.17) is 4.74 Å². The summed E-state index contributed by atoms with van der Waals surface area (Å²) in [4.78, 5) is 29.3. The van der Waals surface area contributed by atoms with Crippen molar-refractivity contribution in [1.29, 1.82) is 0 Å². The number of ether oxygens (including phenoxy) is 1. The number of aromatic nitrogens is 1. The third-order valence-electron chi connectivity index (χ3n) is 3.12. The van der Waals surface area contributed by atoms with Crippen LogP contribution in [0.25, 0.3) is 0 Å². The predicted molar refractivity (Wildman–Crippen MR) is 83.5 cm³/mol. The van der Waals surface area contributed by atoms with Gasteiger partial charge in [-0.25, -0.2) is 9.78 Å². The van der Waals surface area contributed by atoms with Gasteiger partial charge in [0.2, 0.25) is 0 Å². The zero-order valence-electron chi connectivity index (χ0n) is 13.1. The average molecular weight is 310 g/mol. The lowest BCUT2D eigenvalue weighted by Crippen LogP contribution is -2.45. The molecule has 1 N–H and O–H groups in total. The Morgan fingerprint density at radius 1 is 1.38 bits per heavy atom. The van der Waals surface area contributed by atoms with Gasteiger partial charge in [-0.3, -0.25) is 4.79 Å². The number of carbonyl (C=O) groups is 2. The molecule has 0 saturated heterocycles. The molecule has 1 aromatic heterocycles. The van der Waals surface area contributed by atoms with E-state index in [1.165, 1.54) is 18.9 Å². The number of hydrogen-bond acceptors (Lipinski definition) is 5. The minimum atomic E-state index is -0.677. The van der Waals surface area contributed by atoms with Crippen LogP contribution in [0, 0.1) is 5.92 Å². The molecule has 0 aromatic carbocycles. The first-order valence-corrected chi connectivity index (χ1v) is 8.09. The molecule has 0 aliphatic heterocycles. The second kappa shape index (κ2) is 8.02. The van der Waals surface area contributed by atoms with Gasteiger partial charge < -0.3 is 10.1 Å². The van der Waals surface area contributed by atoms with Crippen molar-refractivity contribution in [3.05, 3.63) is 23.5 Å². The van der Waals surface area contributed by atoms with Crippen LogP contribution in [-0.2, 0) is 16.0 Å². The Morgan fingerprint density at radius 2 is 2.05 bits per heavy atom. The normalized spacial score (nSPS) is 12.1. The van der Waals surface area contributed by atoms with E-state index in [1.807, 2.05) is 39.2 Å². The minimum absolute atomic E-state index is 0.0616. The summed E-state index contributed by atoms with van der Waals surface area (Å²) in [6.45, 7) is 5.69. The lowest BCUT2D eigenvalue weighted by Gasteiger charge is -2.20. The largest absolute Gasteiger partial charge is 0.467 e. The highest BCUT2D eigenvalue weighted by atomic mass is 32.2. The third kappa shape index (κ3) is 4.46. The van der Waals surface area contributed by atoms with Gasteiger partial charge in [0.1, 0.15) is 11.7 Å². The SMILES string of the molecule is CCc1ccc(SC)c(C(=O)NC(C(=O)OC)C(C)C)n1. The first-order chi connectivity index (χ1) is 9.94. The van der Waals surface area contributed by atoms with Crippen molar-refractivity contribution in [3.8, 4) is 0 Å². The van der Waals surface area contributed by atoms with E-state index >= 15 is 0 Å². The van der Waals surface area contributed by atoms with Crippen LogP contribution in [0.5, 0.6) is 0 Å². The predicted octanol–water partition coefficient (Wildman–Crippen LogP) is 2.29. The summed E-state index contributed by atoms with van der Waals surface area (Å²) in [6.07, 6.45) is 2.64. The average Bonchev–Trinajstić information content (AvgIpc) is 2.50. The zero-order chi connectivity index (χ0) is 16.0. The zero-order valence-corrected chi connectivity index (χ0v) is 13.9. The standard InChI is InChI=1S/C15H22N2O3S/c1-6-10-7-8-11(21-5)13(16-10)14(18)17-12(9(2)3)15(19)20-4/h7-9,12H,6H2,1-5H3,(H,17,18). The second-order valence-electron chi connectivity index (χ2n) is 4.93. The van der Waals surface area contributed by atoms with Gasteiger partial charge in [0.15, 0.2) is 0 Å². The maximum absolute atomic E-state index is 12.4. The third-order valence-corrected chi connectivity index (χ3v) is 3.89. The number of amides is 1. The van der Waals surface area contributed by atoms with E-state index < -0.39 is 12.0 Å². The van der Waals surface area contributed by atoms with E-state index in [0.717, 1.165) is 17.0 Å². The Labute approximate surface area is 129 Å². The number of pyridine rings is 1. The van der Waals surface area contributed by atoms with Crippen LogP contribution >= 0.6 is 11.8 Å². The smallest absolute Gasteiger partial charge is 0.328 e. The number of aryl methyl sites for hydroxylation is 1. The van der Waals surface area contributed by atoms with Crippen LogP contribution < -0.4 is 5.32 Å². The van der Waals surface area contributed by atoms with Crippen LogP contribution in [0.2, 0.25) is 0 Å². The topological polar surface area (TPSA) is 68.3 Å². The van der Waals surface area contributed by atoms with E-state index in [9.17, 15) is 9.59 Å². The molecule has 0 aliphatic rings. The first-order valence-electron chi connectivity index (χ1n) is 6.87. The summed E-state index contributed by atoms with van der Waals surface area (Å²) < 4.78 is 4.73. The molecule has 1 atom stereocenters. The van der Waals surface area contributed by atoms with Gasteiger partial charge in [-0.05, 0) is 30.7 Å². The molecule has 1 unspecified atom stereocenters. The van der Waals surface area contributed by atoms with E-state index in [0.29, 0.717) is 5.69 Å².